The lowest BCUT2D eigenvalue weighted by molar-refractivity contribution is 0.660. The number of benzene rings is 10. The quantitative estimate of drug-likeness (QED) is 0.151. The molecule has 3 heteroatoms. The number of aromatic nitrogens is 1. The van der Waals surface area contributed by atoms with Gasteiger partial charge in [-0.15, -0.1) is 0 Å². The predicted molar refractivity (Wildman–Crippen MR) is 271 cm³/mol. The van der Waals surface area contributed by atoms with E-state index in [1.54, 1.807) is 4.90 Å². The average molecular weight is 824 g/mol. The van der Waals surface area contributed by atoms with Crippen molar-refractivity contribution in [3.05, 3.63) is 248 Å². The maximum absolute atomic E-state index is 9.37. The first-order valence-corrected chi connectivity index (χ1v) is 21.9. The Morgan fingerprint density at radius 2 is 0.922 bits per heavy atom. The zero-order chi connectivity index (χ0) is 46.3. The van der Waals surface area contributed by atoms with Gasteiger partial charge in [0.1, 0.15) is 0 Å². The van der Waals surface area contributed by atoms with Gasteiger partial charge in [-0.25, -0.2) is 0 Å². The van der Waals surface area contributed by atoms with E-state index in [0.717, 1.165) is 61.3 Å². The first-order chi connectivity index (χ1) is 33.2. The number of anilines is 6. The SMILES string of the molecule is [2H]c1c([2H])c(N(c2ccccc2)c2ccccc2)c([2H])c([2H])c1-c1ccc2cc(N(c3ccc4c(c3)C(C)(C)c3ccccc3-4)c3ccc4c(c3)c3ccccc3n4-c3ccccc3)ccc2c1. The van der Waals surface area contributed by atoms with Crippen molar-refractivity contribution in [3.8, 4) is 27.9 Å². The summed E-state index contributed by atoms with van der Waals surface area (Å²) < 4.78 is 39.8. The monoisotopic (exact) mass is 823 g/mol. The molecule has 0 saturated carbocycles. The van der Waals surface area contributed by atoms with Crippen LogP contribution in [0.15, 0.2) is 236 Å². The lowest BCUT2D eigenvalue weighted by Crippen LogP contribution is -2.16. The Bertz CT molecular complexity index is 3700. The van der Waals surface area contributed by atoms with Gasteiger partial charge in [-0.3, -0.25) is 0 Å². The Kier molecular flexibility index (Phi) is 7.87. The molecular weight excluding hydrogens is 775 g/mol. The van der Waals surface area contributed by atoms with Crippen LogP contribution >= 0.6 is 0 Å². The number of para-hydroxylation sites is 4. The Morgan fingerprint density at radius 3 is 1.69 bits per heavy atom. The van der Waals surface area contributed by atoms with E-state index in [1.807, 2.05) is 78.9 Å². The number of hydrogen-bond acceptors (Lipinski definition) is 2. The highest BCUT2D eigenvalue weighted by Gasteiger charge is 2.36. The summed E-state index contributed by atoms with van der Waals surface area (Å²) in [5.41, 5.74) is 14.0. The molecule has 1 aliphatic carbocycles. The van der Waals surface area contributed by atoms with Crippen molar-refractivity contribution in [2.45, 2.75) is 19.3 Å². The molecule has 0 bridgehead atoms. The second kappa shape index (κ2) is 15.0. The summed E-state index contributed by atoms with van der Waals surface area (Å²) >= 11 is 0. The van der Waals surface area contributed by atoms with E-state index in [-0.39, 0.29) is 40.8 Å². The van der Waals surface area contributed by atoms with Crippen LogP contribution < -0.4 is 9.80 Å². The molecule has 10 aromatic carbocycles. The molecule has 0 radical (unpaired) electrons. The summed E-state index contributed by atoms with van der Waals surface area (Å²) in [6.45, 7) is 4.63. The van der Waals surface area contributed by atoms with Crippen molar-refractivity contribution < 1.29 is 5.48 Å². The molecule has 11 aromatic rings. The summed E-state index contributed by atoms with van der Waals surface area (Å²) in [4.78, 5) is 4.16. The number of hydrogen-bond donors (Lipinski definition) is 0. The first-order valence-electron chi connectivity index (χ1n) is 23.9. The highest BCUT2D eigenvalue weighted by atomic mass is 15.1. The van der Waals surface area contributed by atoms with E-state index in [2.05, 4.69) is 157 Å². The summed E-state index contributed by atoms with van der Waals surface area (Å²) in [5.74, 6) is 0. The van der Waals surface area contributed by atoms with Crippen LogP contribution in [0, 0.1) is 0 Å². The maximum Gasteiger partial charge on any atom is 0.0645 e. The average Bonchev–Trinajstić information content (AvgIpc) is 3.83. The lowest BCUT2D eigenvalue weighted by atomic mass is 9.82. The van der Waals surface area contributed by atoms with Gasteiger partial charge in [0.05, 0.1) is 16.5 Å². The first kappa shape index (κ1) is 33.5. The molecular formula is C61H45N3. The van der Waals surface area contributed by atoms with Gasteiger partial charge in [-0.05, 0) is 147 Å². The van der Waals surface area contributed by atoms with Gasteiger partial charge < -0.3 is 14.4 Å². The lowest BCUT2D eigenvalue weighted by Gasteiger charge is -2.28. The molecule has 0 spiro atoms. The number of rotatable bonds is 8. The molecule has 0 atom stereocenters. The van der Waals surface area contributed by atoms with E-state index in [9.17, 15) is 5.48 Å². The van der Waals surface area contributed by atoms with Crippen LogP contribution in [0.1, 0.15) is 30.5 Å². The van der Waals surface area contributed by atoms with E-state index in [4.69, 9.17) is 0 Å². The van der Waals surface area contributed by atoms with Gasteiger partial charge in [0, 0.05) is 56.0 Å². The van der Waals surface area contributed by atoms with Gasteiger partial charge in [0.15, 0.2) is 0 Å². The fraction of sp³-hybridized carbons (Fsp3) is 0.0492. The second-order valence-corrected chi connectivity index (χ2v) is 17.1. The topological polar surface area (TPSA) is 11.4 Å². The van der Waals surface area contributed by atoms with Crippen molar-refractivity contribution in [1.29, 1.82) is 0 Å². The number of fused-ring (bicyclic) bond motifs is 7. The molecule has 0 aliphatic heterocycles. The molecule has 12 rings (SSSR count). The zero-order valence-electron chi connectivity index (χ0n) is 39.5. The predicted octanol–water partition coefficient (Wildman–Crippen LogP) is 16.8. The van der Waals surface area contributed by atoms with E-state index in [0.29, 0.717) is 5.56 Å². The molecule has 3 nitrogen and oxygen atoms in total. The smallest absolute Gasteiger partial charge is 0.0645 e. The van der Waals surface area contributed by atoms with Crippen LogP contribution in [-0.2, 0) is 5.41 Å². The molecule has 1 aromatic heterocycles. The van der Waals surface area contributed by atoms with Crippen LogP contribution in [0.25, 0.3) is 60.5 Å². The van der Waals surface area contributed by atoms with E-state index >= 15 is 0 Å². The molecule has 0 N–H and O–H groups in total. The van der Waals surface area contributed by atoms with Gasteiger partial charge in [0.2, 0.25) is 0 Å². The van der Waals surface area contributed by atoms with Crippen molar-refractivity contribution in [1.82, 2.24) is 4.57 Å². The highest BCUT2D eigenvalue weighted by Crippen LogP contribution is 2.51. The zero-order valence-corrected chi connectivity index (χ0v) is 35.5. The Labute approximate surface area is 380 Å². The van der Waals surface area contributed by atoms with Gasteiger partial charge >= 0.3 is 0 Å². The standard InChI is InChI=1S/C61H45N3/c1-61(2)57-24-14-12-22-53(57)54-36-34-52(41-58(54)61)63(51-35-37-60-56(40-51)55-23-13-15-25-59(55)64(60)48-20-10-5-11-21-48)50-33-30-44-38-43(26-27-45(44)39-50)42-28-31-49(32-29-42)62(46-16-6-3-7-17-46)47-18-8-4-9-19-47/h3-41H,1-2H3/i28D,29D,31D,32D. The van der Waals surface area contributed by atoms with E-state index < -0.39 is 0 Å². The molecule has 64 heavy (non-hydrogen) atoms. The van der Waals surface area contributed by atoms with Crippen LogP contribution in [0.4, 0.5) is 34.1 Å². The molecule has 304 valence electrons. The third kappa shape index (κ3) is 6.20. The molecule has 0 amide bonds. The molecule has 0 saturated heterocycles. The molecule has 0 unspecified atom stereocenters. The van der Waals surface area contributed by atoms with Crippen LogP contribution in [0.2, 0.25) is 0 Å². The van der Waals surface area contributed by atoms with Crippen molar-refractivity contribution in [2.75, 3.05) is 9.80 Å². The van der Waals surface area contributed by atoms with Crippen LogP contribution in [0.5, 0.6) is 0 Å². The molecule has 0 fully saturated rings. The van der Waals surface area contributed by atoms with Gasteiger partial charge in [0.25, 0.3) is 0 Å². The van der Waals surface area contributed by atoms with Crippen LogP contribution in [0.3, 0.4) is 0 Å². The van der Waals surface area contributed by atoms with Crippen molar-refractivity contribution in [2.24, 2.45) is 0 Å². The largest absolute Gasteiger partial charge is 0.311 e. The van der Waals surface area contributed by atoms with E-state index in [1.165, 1.54) is 27.6 Å². The Morgan fingerprint density at radius 1 is 0.375 bits per heavy atom. The minimum atomic E-state index is -0.189. The molecule has 1 aliphatic rings. The Balaban J connectivity index is 0.997. The highest BCUT2D eigenvalue weighted by molar-refractivity contribution is 6.11. The fourth-order valence-corrected chi connectivity index (χ4v) is 9.88. The van der Waals surface area contributed by atoms with Gasteiger partial charge in [-0.2, -0.15) is 0 Å². The number of nitrogens with zero attached hydrogens (tertiary/aromatic N) is 3. The fourth-order valence-electron chi connectivity index (χ4n) is 9.88. The van der Waals surface area contributed by atoms with Crippen molar-refractivity contribution in [3.63, 3.8) is 0 Å². The minimum absolute atomic E-state index is 0.0919. The maximum atomic E-state index is 9.37. The van der Waals surface area contributed by atoms with Crippen LogP contribution in [-0.4, -0.2) is 4.57 Å². The third-order valence-corrected chi connectivity index (χ3v) is 13.0. The Hall–Kier alpha value is -8.14. The summed E-state index contributed by atoms with van der Waals surface area (Å²) in [6, 6.07) is 72.7. The third-order valence-electron chi connectivity index (χ3n) is 13.0. The summed E-state index contributed by atoms with van der Waals surface area (Å²) in [6.07, 6.45) is 0. The van der Waals surface area contributed by atoms with Gasteiger partial charge in [-0.1, -0.05) is 147 Å². The summed E-state index contributed by atoms with van der Waals surface area (Å²) in [7, 11) is 0. The molecule has 1 heterocycles. The summed E-state index contributed by atoms with van der Waals surface area (Å²) in [5, 5.41) is 4.25. The normalized spacial score (nSPS) is 13.5. The minimum Gasteiger partial charge on any atom is -0.311 e. The van der Waals surface area contributed by atoms with Crippen molar-refractivity contribution >= 4 is 66.7 Å². The second-order valence-electron chi connectivity index (χ2n) is 17.1.